The molecule has 0 saturated carbocycles. The number of fused-ring (bicyclic) bond motifs is 1. The van der Waals surface area contributed by atoms with Gasteiger partial charge in [0.15, 0.2) is 0 Å². The lowest BCUT2D eigenvalue weighted by Crippen LogP contribution is -2.27. The molecule has 1 heterocycles. The molecule has 1 amide bonds. The van der Waals surface area contributed by atoms with Gasteiger partial charge < -0.3 is 5.32 Å². The van der Waals surface area contributed by atoms with Gasteiger partial charge in [-0.3, -0.25) is 9.59 Å². The number of nitrogens with zero attached hydrogens (tertiary/aromatic N) is 3. The topological polar surface area (TPSA) is 101 Å². The van der Waals surface area contributed by atoms with Gasteiger partial charge in [0.25, 0.3) is 11.5 Å². The van der Waals surface area contributed by atoms with Crippen molar-refractivity contribution in [3.63, 3.8) is 0 Å². The number of hydrogen-bond acceptors (Lipinski definition) is 5. The van der Waals surface area contributed by atoms with Crippen molar-refractivity contribution in [3.05, 3.63) is 70.1 Å². The third-order valence-corrected chi connectivity index (χ3v) is 6.17. The highest BCUT2D eigenvalue weighted by atomic mass is 32.2. The summed E-state index contributed by atoms with van der Waals surface area (Å²) in [5.41, 5.74) is 0.688. The second-order valence-electron chi connectivity index (χ2n) is 6.42. The highest BCUT2D eigenvalue weighted by Crippen LogP contribution is 2.15. The Balaban J connectivity index is 1.81. The lowest BCUT2D eigenvalue weighted by molar-refractivity contribution is 0.0950. The maximum absolute atomic E-state index is 12.4. The SMILES string of the molecule is CN(C)S(=O)(=O)c1ccc(C(=O)NCc2nn(C)c(=O)c3ccccc23)cc1. The van der Waals surface area contributed by atoms with Crippen LogP contribution in [0.2, 0.25) is 0 Å². The normalized spacial score (nSPS) is 11.7. The van der Waals surface area contributed by atoms with Gasteiger partial charge in [0.2, 0.25) is 10.0 Å². The lowest BCUT2D eigenvalue weighted by Gasteiger charge is -2.12. The predicted molar refractivity (Wildman–Crippen MR) is 105 cm³/mol. The Kier molecular flexibility index (Phi) is 5.30. The number of hydrogen-bond donors (Lipinski definition) is 1. The van der Waals surface area contributed by atoms with E-state index in [1.807, 2.05) is 0 Å². The molecule has 28 heavy (non-hydrogen) atoms. The van der Waals surface area contributed by atoms with Crippen LogP contribution >= 0.6 is 0 Å². The molecule has 0 bridgehead atoms. The van der Waals surface area contributed by atoms with Crippen LogP contribution in [-0.2, 0) is 23.6 Å². The van der Waals surface area contributed by atoms with Gasteiger partial charge in [-0.05, 0) is 30.3 Å². The van der Waals surface area contributed by atoms with Crippen molar-refractivity contribution in [2.24, 2.45) is 7.05 Å². The summed E-state index contributed by atoms with van der Waals surface area (Å²) in [6.45, 7) is 0.130. The standard InChI is InChI=1S/C19H20N4O4S/c1-22(2)28(26,27)14-10-8-13(9-11-14)18(24)20-12-17-15-6-4-5-7-16(15)19(25)23(3)21-17/h4-11H,12H2,1-3H3,(H,20,24). The molecule has 3 rings (SSSR count). The summed E-state index contributed by atoms with van der Waals surface area (Å²) in [5, 5.41) is 8.20. The number of carbonyl (C=O) groups is 1. The molecule has 0 aliphatic heterocycles. The summed E-state index contributed by atoms with van der Waals surface area (Å²) in [5.74, 6) is -0.367. The van der Waals surface area contributed by atoms with Gasteiger partial charge >= 0.3 is 0 Å². The van der Waals surface area contributed by atoms with E-state index >= 15 is 0 Å². The number of benzene rings is 2. The van der Waals surface area contributed by atoms with Crippen LogP contribution in [0.5, 0.6) is 0 Å². The Hall–Kier alpha value is -3.04. The van der Waals surface area contributed by atoms with Gasteiger partial charge in [0, 0.05) is 32.1 Å². The zero-order chi connectivity index (χ0) is 20.5. The van der Waals surface area contributed by atoms with Crippen LogP contribution in [0, 0.1) is 0 Å². The van der Waals surface area contributed by atoms with E-state index in [-0.39, 0.29) is 22.9 Å². The number of amides is 1. The van der Waals surface area contributed by atoms with Crippen LogP contribution < -0.4 is 10.9 Å². The third-order valence-electron chi connectivity index (χ3n) is 4.34. The summed E-state index contributed by atoms with van der Waals surface area (Å²) in [4.78, 5) is 24.7. The lowest BCUT2D eigenvalue weighted by atomic mass is 10.1. The average Bonchev–Trinajstić information content (AvgIpc) is 2.69. The van der Waals surface area contributed by atoms with Crippen LogP contribution in [0.4, 0.5) is 0 Å². The highest BCUT2D eigenvalue weighted by Gasteiger charge is 2.17. The van der Waals surface area contributed by atoms with Gasteiger partial charge in [0.1, 0.15) is 0 Å². The molecular formula is C19H20N4O4S. The van der Waals surface area contributed by atoms with Crippen molar-refractivity contribution in [2.45, 2.75) is 11.4 Å². The maximum Gasteiger partial charge on any atom is 0.274 e. The van der Waals surface area contributed by atoms with Crippen LogP contribution in [0.3, 0.4) is 0 Å². The first-order chi connectivity index (χ1) is 13.2. The van der Waals surface area contributed by atoms with Crippen molar-refractivity contribution in [1.29, 1.82) is 0 Å². The Morgan fingerprint density at radius 3 is 2.29 bits per heavy atom. The van der Waals surface area contributed by atoms with Gasteiger partial charge in [-0.25, -0.2) is 17.4 Å². The summed E-state index contributed by atoms with van der Waals surface area (Å²) >= 11 is 0. The third kappa shape index (κ3) is 3.67. The van der Waals surface area contributed by atoms with E-state index < -0.39 is 10.0 Å². The summed E-state index contributed by atoms with van der Waals surface area (Å²) < 4.78 is 26.5. The molecule has 0 spiro atoms. The van der Waals surface area contributed by atoms with E-state index in [0.717, 1.165) is 4.31 Å². The molecule has 0 radical (unpaired) electrons. The summed E-state index contributed by atoms with van der Waals surface area (Å²) in [6, 6.07) is 12.8. The van der Waals surface area contributed by atoms with E-state index in [9.17, 15) is 18.0 Å². The first-order valence-corrected chi connectivity index (χ1v) is 9.91. The first-order valence-electron chi connectivity index (χ1n) is 8.47. The van der Waals surface area contributed by atoms with Crippen molar-refractivity contribution in [1.82, 2.24) is 19.4 Å². The zero-order valence-corrected chi connectivity index (χ0v) is 16.5. The number of aryl methyl sites for hydroxylation is 1. The minimum absolute atomic E-state index is 0.111. The molecule has 0 fully saturated rings. The van der Waals surface area contributed by atoms with Gasteiger partial charge in [-0.2, -0.15) is 5.10 Å². The minimum Gasteiger partial charge on any atom is -0.346 e. The maximum atomic E-state index is 12.4. The fourth-order valence-corrected chi connectivity index (χ4v) is 3.66. The molecule has 0 aliphatic carbocycles. The number of rotatable bonds is 5. The van der Waals surface area contributed by atoms with E-state index in [1.54, 1.807) is 31.3 Å². The molecule has 0 saturated heterocycles. The summed E-state index contributed by atoms with van der Waals surface area (Å²) in [7, 11) is 0.901. The zero-order valence-electron chi connectivity index (χ0n) is 15.7. The number of aromatic nitrogens is 2. The highest BCUT2D eigenvalue weighted by molar-refractivity contribution is 7.89. The van der Waals surface area contributed by atoms with Crippen molar-refractivity contribution < 1.29 is 13.2 Å². The van der Waals surface area contributed by atoms with Crippen LogP contribution in [0.1, 0.15) is 16.1 Å². The average molecular weight is 400 g/mol. The van der Waals surface area contributed by atoms with Crippen molar-refractivity contribution >= 4 is 26.7 Å². The van der Waals surface area contributed by atoms with Crippen LogP contribution in [0.15, 0.2) is 58.2 Å². The molecule has 9 heteroatoms. The van der Waals surface area contributed by atoms with Crippen molar-refractivity contribution in [3.8, 4) is 0 Å². The molecule has 0 aliphatic rings. The number of sulfonamides is 1. The van der Waals surface area contributed by atoms with E-state index in [0.29, 0.717) is 22.0 Å². The predicted octanol–water partition coefficient (Wildman–Crippen LogP) is 1.11. The smallest absolute Gasteiger partial charge is 0.274 e. The Labute approximate surface area is 162 Å². The Morgan fingerprint density at radius 1 is 1.07 bits per heavy atom. The van der Waals surface area contributed by atoms with E-state index in [2.05, 4.69) is 10.4 Å². The van der Waals surface area contributed by atoms with Gasteiger partial charge in [-0.1, -0.05) is 18.2 Å². The largest absolute Gasteiger partial charge is 0.346 e. The van der Waals surface area contributed by atoms with E-state index in [1.165, 1.54) is 43.0 Å². The molecule has 0 unspecified atom stereocenters. The second-order valence-corrected chi connectivity index (χ2v) is 8.57. The molecular weight excluding hydrogens is 380 g/mol. The van der Waals surface area contributed by atoms with Gasteiger partial charge in [-0.15, -0.1) is 0 Å². The monoisotopic (exact) mass is 400 g/mol. The molecule has 1 aromatic heterocycles. The van der Waals surface area contributed by atoms with Gasteiger partial charge in [0.05, 0.1) is 22.5 Å². The first kappa shape index (κ1) is 19.7. The molecule has 0 atom stereocenters. The van der Waals surface area contributed by atoms with E-state index in [4.69, 9.17) is 0 Å². The van der Waals surface area contributed by atoms with Crippen LogP contribution in [-0.4, -0.2) is 42.5 Å². The molecule has 8 nitrogen and oxygen atoms in total. The number of nitrogens with one attached hydrogen (secondary N) is 1. The molecule has 3 aromatic rings. The Morgan fingerprint density at radius 2 is 1.68 bits per heavy atom. The molecule has 2 aromatic carbocycles. The quantitative estimate of drug-likeness (QED) is 0.691. The summed E-state index contributed by atoms with van der Waals surface area (Å²) in [6.07, 6.45) is 0. The fourth-order valence-electron chi connectivity index (χ4n) is 2.76. The minimum atomic E-state index is -3.55. The molecule has 1 N–H and O–H groups in total. The molecule has 146 valence electrons. The fraction of sp³-hybridized carbons (Fsp3) is 0.211. The van der Waals surface area contributed by atoms with Crippen molar-refractivity contribution in [2.75, 3.05) is 14.1 Å². The Bertz CT molecular complexity index is 1200. The second kappa shape index (κ2) is 7.53. The van der Waals surface area contributed by atoms with Crippen LogP contribution in [0.25, 0.3) is 10.8 Å². The number of carbonyl (C=O) groups excluding carboxylic acids is 1.